The number of aromatic nitrogens is 2. The average molecular weight is 215 g/mol. The van der Waals surface area contributed by atoms with Crippen LogP contribution in [0.25, 0.3) is 5.69 Å². The van der Waals surface area contributed by atoms with Crippen molar-refractivity contribution in [2.45, 2.75) is 13.5 Å². The van der Waals surface area contributed by atoms with Gasteiger partial charge in [-0.25, -0.2) is 4.98 Å². The van der Waals surface area contributed by atoms with E-state index in [-0.39, 0.29) is 5.91 Å². The molecule has 16 heavy (non-hydrogen) atoms. The van der Waals surface area contributed by atoms with Crippen molar-refractivity contribution >= 4 is 5.91 Å². The van der Waals surface area contributed by atoms with Gasteiger partial charge in [-0.1, -0.05) is 18.2 Å². The quantitative estimate of drug-likeness (QED) is 0.843. The van der Waals surface area contributed by atoms with Crippen LogP contribution in [-0.4, -0.2) is 15.5 Å². The van der Waals surface area contributed by atoms with E-state index in [0.717, 1.165) is 11.5 Å². The molecule has 4 nitrogen and oxygen atoms in total. The zero-order valence-corrected chi connectivity index (χ0v) is 9.05. The highest BCUT2D eigenvalue weighted by molar-refractivity contribution is 5.72. The summed E-state index contributed by atoms with van der Waals surface area (Å²) in [5, 5.41) is 2.74. The van der Waals surface area contributed by atoms with Crippen LogP contribution in [0, 0.1) is 0 Å². The molecule has 0 saturated carbocycles. The lowest BCUT2D eigenvalue weighted by Crippen LogP contribution is -2.21. The van der Waals surface area contributed by atoms with Gasteiger partial charge in [-0.3, -0.25) is 4.79 Å². The Kier molecular flexibility index (Phi) is 3.00. The van der Waals surface area contributed by atoms with Crippen molar-refractivity contribution < 1.29 is 4.79 Å². The van der Waals surface area contributed by atoms with Gasteiger partial charge in [-0.05, 0) is 12.1 Å². The molecule has 1 aromatic carbocycles. The monoisotopic (exact) mass is 215 g/mol. The summed E-state index contributed by atoms with van der Waals surface area (Å²) in [7, 11) is 0. The van der Waals surface area contributed by atoms with Gasteiger partial charge in [0, 0.05) is 25.0 Å². The molecule has 0 aliphatic rings. The molecular weight excluding hydrogens is 202 g/mol. The van der Waals surface area contributed by atoms with Crippen molar-refractivity contribution in [1.82, 2.24) is 14.9 Å². The first-order chi connectivity index (χ1) is 7.77. The molecule has 0 saturated heterocycles. The topological polar surface area (TPSA) is 46.9 Å². The fourth-order valence-corrected chi connectivity index (χ4v) is 1.49. The number of rotatable bonds is 3. The van der Waals surface area contributed by atoms with E-state index in [1.165, 1.54) is 6.92 Å². The van der Waals surface area contributed by atoms with Gasteiger partial charge >= 0.3 is 0 Å². The van der Waals surface area contributed by atoms with E-state index in [1.807, 2.05) is 41.1 Å². The lowest BCUT2D eigenvalue weighted by Gasteiger charge is -2.07. The minimum Gasteiger partial charge on any atom is -0.349 e. The number of carbonyl (C=O) groups excluding carboxylic acids is 1. The molecule has 0 atom stereocenters. The van der Waals surface area contributed by atoms with Crippen LogP contribution in [0.2, 0.25) is 0 Å². The second-order valence-electron chi connectivity index (χ2n) is 3.46. The number of nitrogens with one attached hydrogen (secondary N) is 1. The van der Waals surface area contributed by atoms with Crippen LogP contribution in [0.4, 0.5) is 0 Å². The molecule has 0 fully saturated rings. The number of hydrogen-bond donors (Lipinski definition) is 1. The molecule has 1 aromatic heterocycles. The summed E-state index contributed by atoms with van der Waals surface area (Å²) in [4.78, 5) is 15.1. The maximum atomic E-state index is 10.8. The molecule has 2 rings (SSSR count). The van der Waals surface area contributed by atoms with Crippen LogP contribution in [-0.2, 0) is 11.3 Å². The molecule has 0 aliphatic heterocycles. The summed E-state index contributed by atoms with van der Waals surface area (Å²) in [5.41, 5.74) is 1.04. The summed E-state index contributed by atoms with van der Waals surface area (Å²) in [6.45, 7) is 1.94. The van der Waals surface area contributed by atoms with Gasteiger partial charge in [0.05, 0.1) is 6.54 Å². The first-order valence-electron chi connectivity index (χ1n) is 5.09. The highest BCUT2D eigenvalue weighted by atomic mass is 16.1. The smallest absolute Gasteiger partial charge is 0.217 e. The fourth-order valence-electron chi connectivity index (χ4n) is 1.49. The Morgan fingerprint density at radius 2 is 2.12 bits per heavy atom. The molecule has 0 spiro atoms. The Bertz CT molecular complexity index is 476. The molecule has 82 valence electrons. The predicted molar refractivity (Wildman–Crippen MR) is 61.1 cm³/mol. The lowest BCUT2D eigenvalue weighted by molar-refractivity contribution is -0.119. The van der Waals surface area contributed by atoms with Crippen molar-refractivity contribution in [2.24, 2.45) is 0 Å². The van der Waals surface area contributed by atoms with Crippen LogP contribution in [0.1, 0.15) is 12.7 Å². The molecular formula is C12H13N3O. The summed E-state index contributed by atoms with van der Waals surface area (Å²) < 4.78 is 1.95. The third kappa shape index (κ3) is 2.28. The van der Waals surface area contributed by atoms with Crippen molar-refractivity contribution in [1.29, 1.82) is 0 Å². The number of para-hydroxylation sites is 1. The minimum absolute atomic E-state index is 0.0531. The summed E-state index contributed by atoms with van der Waals surface area (Å²) in [6.07, 6.45) is 3.61. The molecule has 0 bridgehead atoms. The average Bonchev–Trinajstić information content (AvgIpc) is 2.75. The largest absolute Gasteiger partial charge is 0.349 e. The third-order valence-corrected chi connectivity index (χ3v) is 2.25. The molecule has 4 heteroatoms. The Morgan fingerprint density at radius 3 is 2.81 bits per heavy atom. The minimum atomic E-state index is -0.0531. The Balaban J connectivity index is 2.23. The normalized spacial score (nSPS) is 10.1. The SMILES string of the molecule is CC(=O)NCc1nccn1-c1ccccc1. The van der Waals surface area contributed by atoms with E-state index in [9.17, 15) is 4.79 Å². The number of nitrogens with zero attached hydrogens (tertiary/aromatic N) is 2. The van der Waals surface area contributed by atoms with Crippen LogP contribution in [0.15, 0.2) is 42.7 Å². The lowest BCUT2D eigenvalue weighted by atomic mass is 10.3. The Hall–Kier alpha value is -2.10. The Labute approximate surface area is 93.9 Å². The van der Waals surface area contributed by atoms with Gasteiger partial charge < -0.3 is 9.88 Å². The molecule has 1 heterocycles. The van der Waals surface area contributed by atoms with Crippen LogP contribution >= 0.6 is 0 Å². The summed E-state index contributed by atoms with van der Waals surface area (Å²) >= 11 is 0. The maximum Gasteiger partial charge on any atom is 0.217 e. The third-order valence-electron chi connectivity index (χ3n) is 2.25. The van der Waals surface area contributed by atoms with Gasteiger partial charge in [0.15, 0.2) is 0 Å². The van der Waals surface area contributed by atoms with Gasteiger partial charge in [0.25, 0.3) is 0 Å². The summed E-state index contributed by atoms with van der Waals surface area (Å²) in [5.74, 6) is 0.768. The second-order valence-corrected chi connectivity index (χ2v) is 3.46. The number of amides is 1. The molecule has 2 aromatic rings. The zero-order chi connectivity index (χ0) is 11.4. The summed E-state index contributed by atoms with van der Waals surface area (Å²) in [6, 6.07) is 9.90. The van der Waals surface area contributed by atoms with Gasteiger partial charge in [-0.2, -0.15) is 0 Å². The highest BCUT2D eigenvalue weighted by Crippen LogP contribution is 2.09. The van der Waals surface area contributed by atoms with E-state index in [4.69, 9.17) is 0 Å². The number of hydrogen-bond acceptors (Lipinski definition) is 2. The van der Waals surface area contributed by atoms with E-state index in [1.54, 1.807) is 6.20 Å². The standard InChI is InChI=1S/C12H13N3O/c1-10(16)14-9-12-13-7-8-15(12)11-5-3-2-4-6-11/h2-8H,9H2,1H3,(H,14,16). The van der Waals surface area contributed by atoms with Gasteiger partial charge in [0.1, 0.15) is 5.82 Å². The maximum absolute atomic E-state index is 10.8. The van der Waals surface area contributed by atoms with Gasteiger partial charge in [0.2, 0.25) is 5.91 Å². The zero-order valence-electron chi connectivity index (χ0n) is 9.05. The second kappa shape index (κ2) is 4.61. The first kappa shape index (κ1) is 10.4. The number of imidazole rings is 1. The van der Waals surface area contributed by atoms with E-state index in [2.05, 4.69) is 10.3 Å². The number of carbonyl (C=O) groups is 1. The van der Waals surface area contributed by atoms with E-state index < -0.39 is 0 Å². The van der Waals surface area contributed by atoms with Crippen molar-refractivity contribution in [3.63, 3.8) is 0 Å². The number of benzene rings is 1. The van der Waals surface area contributed by atoms with Gasteiger partial charge in [-0.15, -0.1) is 0 Å². The van der Waals surface area contributed by atoms with E-state index in [0.29, 0.717) is 6.54 Å². The molecule has 1 N–H and O–H groups in total. The van der Waals surface area contributed by atoms with Crippen LogP contribution in [0.3, 0.4) is 0 Å². The molecule has 0 unspecified atom stereocenters. The van der Waals surface area contributed by atoms with Crippen molar-refractivity contribution in [3.8, 4) is 5.69 Å². The Morgan fingerprint density at radius 1 is 1.38 bits per heavy atom. The molecule has 0 aliphatic carbocycles. The van der Waals surface area contributed by atoms with Crippen LogP contribution in [0.5, 0.6) is 0 Å². The predicted octanol–water partition coefficient (Wildman–Crippen LogP) is 1.51. The fraction of sp³-hybridized carbons (Fsp3) is 0.167. The molecule has 0 radical (unpaired) electrons. The van der Waals surface area contributed by atoms with E-state index >= 15 is 0 Å². The molecule has 1 amide bonds. The highest BCUT2D eigenvalue weighted by Gasteiger charge is 2.04. The van der Waals surface area contributed by atoms with Crippen LogP contribution < -0.4 is 5.32 Å². The van der Waals surface area contributed by atoms with Crippen molar-refractivity contribution in [3.05, 3.63) is 48.5 Å². The van der Waals surface area contributed by atoms with Crippen molar-refractivity contribution in [2.75, 3.05) is 0 Å². The first-order valence-corrected chi connectivity index (χ1v) is 5.09.